The molecule has 4 nitrogen and oxygen atoms in total. The Morgan fingerprint density at radius 3 is 2.91 bits per heavy atom. The normalized spacial score (nSPS) is 25.0. The molecule has 0 spiro atoms. The number of hydrogen-bond acceptors (Lipinski definition) is 4. The van der Waals surface area contributed by atoms with Gasteiger partial charge in [0.25, 0.3) is 0 Å². The third-order valence-electron chi connectivity index (χ3n) is 7.12. The van der Waals surface area contributed by atoms with Gasteiger partial charge in [-0.25, -0.2) is 0 Å². The largest absolute Gasteiger partial charge is 0.356 e. The van der Waals surface area contributed by atoms with Crippen molar-refractivity contribution in [3.63, 3.8) is 0 Å². The van der Waals surface area contributed by atoms with Gasteiger partial charge in [0.1, 0.15) is 0 Å². The van der Waals surface area contributed by atoms with Gasteiger partial charge in [-0.2, -0.15) is 0 Å². The minimum atomic E-state index is -0.182. The molecule has 2 atom stereocenters. The third kappa shape index (κ3) is 4.74. The van der Waals surface area contributed by atoms with E-state index in [2.05, 4.69) is 39.9 Å². The lowest BCUT2D eigenvalue weighted by Crippen LogP contribution is -2.41. The molecule has 0 saturated heterocycles. The lowest BCUT2D eigenvalue weighted by atomic mass is 9.78. The predicted octanol–water partition coefficient (Wildman–Crippen LogP) is 5.59. The van der Waals surface area contributed by atoms with Crippen LogP contribution in [0.4, 0.5) is 0 Å². The molecular formula is C27H32IN3O. The fraction of sp³-hybridized carbons (Fsp3) is 0.444. The van der Waals surface area contributed by atoms with Crippen LogP contribution in [0.15, 0.2) is 58.7 Å². The monoisotopic (exact) mass is 541 g/mol. The maximum absolute atomic E-state index is 12.9. The average Bonchev–Trinajstić information content (AvgIpc) is 2.86. The summed E-state index contributed by atoms with van der Waals surface area (Å²) in [6.07, 6.45) is 7.82. The van der Waals surface area contributed by atoms with Crippen LogP contribution in [0.1, 0.15) is 55.3 Å². The Balaban J connectivity index is 1.21. The first-order chi connectivity index (χ1) is 15.7. The molecule has 1 aliphatic carbocycles. The number of fused-ring (bicyclic) bond motifs is 1. The molecule has 2 heterocycles. The Bertz CT molecular complexity index is 1120. The van der Waals surface area contributed by atoms with Gasteiger partial charge in [-0.1, -0.05) is 49.2 Å². The van der Waals surface area contributed by atoms with Crippen LogP contribution in [0, 0.1) is 11.8 Å². The number of Topliss-reactive ketones (excluding diaryl/α,β-unsaturated/α-hetero) is 1. The second-order valence-corrected chi connectivity index (χ2v) is 11.9. The topological polar surface area (TPSA) is 53.5 Å². The van der Waals surface area contributed by atoms with Crippen molar-refractivity contribution in [2.45, 2.75) is 44.9 Å². The number of ketones is 1. The van der Waals surface area contributed by atoms with Crippen LogP contribution in [0.3, 0.4) is 0 Å². The molecule has 1 fully saturated rings. The molecule has 0 bridgehead atoms. The zero-order valence-electron chi connectivity index (χ0n) is 18.8. The molecule has 32 heavy (non-hydrogen) atoms. The van der Waals surface area contributed by atoms with Crippen molar-refractivity contribution in [3.05, 3.63) is 59.3 Å². The second-order valence-electron chi connectivity index (χ2n) is 9.22. The summed E-state index contributed by atoms with van der Waals surface area (Å²) >= 11 is -0.182. The zero-order valence-corrected chi connectivity index (χ0v) is 21.0. The molecule has 2 unspecified atom stereocenters. The molecule has 2 aliphatic heterocycles. The SMILES string of the molecule is CN=C1I=C(C2CCCC(CCC(=O)c3ccc4ccccc4c3)C2)NC2=C1CCNC2. The van der Waals surface area contributed by atoms with Crippen LogP contribution in [0.25, 0.3) is 10.8 Å². The van der Waals surface area contributed by atoms with E-state index in [1.165, 1.54) is 46.1 Å². The number of halogens is 1. The molecule has 0 aromatic heterocycles. The van der Waals surface area contributed by atoms with E-state index in [0.717, 1.165) is 36.9 Å². The van der Waals surface area contributed by atoms with Gasteiger partial charge in [0.15, 0.2) is 5.78 Å². The number of benzene rings is 2. The van der Waals surface area contributed by atoms with Gasteiger partial charge in [0.05, 0.1) is 7.35 Å². The quantitative estimate of drug-likeness (QED) is 0.384. The Morgan fingerprint density at radius 1 is 1.16 bits per heavy atom. The fourth-order valence-corrected chi connectivity index (χ4v) is 8.51. The number of nitrogens with zero attached hydrogens (tertiary/aromatic N) is 1. The van der Waals surface area contributed by atoms with E-state index in [9.17, 15) is 4.79 Å². The summed E-state index contributed by atoms with van der Waals surface area (Å²) in [6, 6.07) is 14.4. The van der Waals surface area contributed by atoms with E-state index in [1.54, 1.807) is 3.63 Å². The van der Waals surface area contributed by atoms with Crippen LogP contribution in [-0.2, 0) is 0 Å². The van der Waals surface area contributed by atoms with Crippen molar-refractivity contribution in [3.8, 4) is 0 Å². The Hall–Kier alpha value is -1.86. The van der Waals surface area contributed by atoms with Crippen molar-refractivity contribution in [2.75, 3.05) is 20.1 Å². The maximum atomic E-state index is 12.9. The smallest absolute Gasteiger partial charge is 0.162 e. The van der Waals surface area contributed by atoms with Gasteiger partial charge in [0.2, 0.25) is 0 Å². The van der Waals surface area contributed by atoms with E-state index in [0.29, 0.717) is 18.3 Å². The van der Waals surface area contributed by atoms with Crippen LogP contribution in [0.2, 0.25) is 0 Å². The minimum absolute atomic E-state index is 0.182. The van der Waals surface area contributed by atoms with Crippen LogP contribution in [-0.4, -0.2) is 33.3 Å². The average molecular weight is 541 g/mol. The van der Waals surface area contributed by atoms with Crippen LogP contribution < -0.4 is 10.6 Å². The Morgan fingerprint density at radius 2 is 2.03 bits per heavy atom. The molecule has 2 aromatic carbocycles. The number of rotatable bonds is 5. The molecule has 5 rings (SSSR count). The summed E-state index contributed by atoms with van der Waals surface area (Å²) in [5.74, 6) is 1.58. The predicted molar refractivity (Wildman–Crippen MR) is 143 cm³/mol. The molecule has 168 valence electrons. The molecule has 2 aromatic rings. The van der Waals surface area contributed by atoms with Gasteiger partial charge in [-0.05, 0) is 75.7 Å². The van der Waals surface area contributed by atoms with E-state index < -0.39 is 0 Å². The number of carbonyl (C=O) groups excluding carboxylic acids is 1. The van der Waals surface area contributed by atoms with E-state index in [1.807, 2.05) is 25.2 Å². The highest BCUT2D eigenvalue weighted by atomic mass is 127. The molecule has 3 aliphatic rings. The zero-order chi connectivity index (χ0) is 21.9. The third-order valence-corrected chi connectivity index (χ3v) is 10.5. The summed E-state index contributed by atoms with van der Waals surface area (Å²) < 4.78 is 2.96. The first-order valence-electron chi connectivity index (χ1n) is 11.9. The summed E-state index contributed by atoms with van der Waals surface area (Å²) in [5.41, 5.74) is 3.71. The number of nitrogens with one attached hydrogen (secondary N) is 2. The molecule has 1 saturated carbocycles. The van der Waals surface area contributed by atoms with Gasteiger partial charge in [-0.3, -0.25) is 9.79 Å². The summed E-state index contributed by atoms with van der Waals surface area (Å²) in [6.45, 7) is 2.01. The lowest BCUT2D eigenvalue weighted by Gasteiger charge is -2.35. The number of carbonyl (C=O) groups is 1. The van der Waals surface area contributed by atoms with E-state index >= 15 is 0 Å². The minimum Gasteiger partial charge on any atom is -0.356 e. The van der Waals surface area contributed by atoms with Gasteiger partial charge in [0, 0.05) is 42.8 Å². The van der Waals surface area contributed by atoms with Crippen molar-refractivity contribution < 1.29 is 4.79 Å². The Labute approximate surface area is 200 Å². The molecule has 0 amide bonds. The number of aliphatic imine (C=N–C) groups is 1. The van der Waals surface area contributed by atoms with Gasteiger partial charge in [-0.15, -0.1) is 0 Å². The van der Waals surface area contributed by atoms with Crippen molar-refractivity contribution in [1.29, 1.82) is 0 Å². The molecule has 0 radical (unpaired) electrons. The van der Waals surface area contributed by atoms with Gasteiger partial charge < -0.3 is 10.6 Å². The highest BCUT2D eigenvalue weighted by molar-refractivity contribution is 14.2. The maximum Gasteiger partial charge on any atom is 0.162 e. The summed E-state index contributed by atoms with van der Waals surface area (Å²) in [7, 11) is 1.97. The van der Waals surface area contributed by atoms with Crippen molar-refractivity contribution in [1.82, 2.24) is 10.6 Å². The van der Waals surface area contributed by atoms with Crippen molar-refractivity contribution >= 4 is 44.6 Å². The highest BCUT2D eigenvalue weighted by Gasteiger charge is 2.30. The molecular weight excluding hydrogens is 509 g/mol. The Kier molecular flexibility index (Phi) is 6.83. The first-order valence-corrected chi connectivity index (χ1v) is 14.1. The standard InChI is InChI=1S/C27H32IN3O/c1-29-27-23-13-14-30-17-24(23)31-26(28-27)22-8-4-5-18(15-22)9-12-25(32)21-11-10-19-6-2-3-7-20(19)16-21/h2-3,6-7,10-11,16,18,22,30-31H,4-5,8-9,12-15,17H2,1H3. The summed E-state index contributed by atoms with van der Waals surface area (Å²) in [5, 5.41) is 9.71. The summed E-state index contributed by atoms with van der Waals surface area (Å²) in [4.78, 5) is 17.6. The van der Waals surface area contributed by atoms with Gasteiger partial charge >= 0.3 is 0 Å². The highest BCUT2D eigenvalue weighted by Crippen LogP contribution is 2.37. The fourth-order valence-electron chi connectivity index (χ4n) is 5.34. The molecule has 2 N–H and O–H groups in total. The number of hydrogen-bond donors (Lipinski definition) is 2. The van der Waals surface area contributed by atoms with E-state index in [4.69, 9.17) is 0 Å². The van der Waals surface area contributed by atoms with E-state index in [-0.39, 0.29) is 26.5 Å². The van der Waals surface area contributed by atoms with Crippen LogP contribution >= 0.6 is 20.7 Å². The van der Waals surface area contributed by atoms with Crippen LogP contribution in [0.5, 0.6) is 0 Å². The molecule has 5 heteroatoms. The van der Waals surface area contributed by atoms with Crippen molar-refractivity contribution in [2.24, 2.45) is 16.8 Å². The second kappa shape index (κ2) is 9.96. The first kappa shape index (κ1) is 22.0. The lowest BCUT2D eigenvalue weighted by molar-refractivity contribution is 0.0969.